The maximum atomic E-state index is 13.8. The van der Waals surface area contributed by atoms with E-state index in [1.54, 1.807) is 13.8 Å². The van der Waals surface area contributed by atoms with Gasteiger partial charge in [0.25, 0.3) is 10.0 Å². The smallest absolute Gasteiger partial charge is 0.336 e. The summed E-state index contributed by atoms with van der Waals surface area (Å²) in [6.07, 6.45) is 0.459. The topological polar surface area (TPSA) is 83.9 Å². The van der Waals surface area contributed by atoms with Gasteiger partial charge in [-0.1, -0.05) is 25.1 Å². The van der Waals surface area contributed by atoms with Gasteiger partial charge in [0.1, 0.15) is 12.4 Å². The van der Waals surface area contributed by atoms with Gasteiger partial charge >= 0.3 is 5.97 Å². The molecule has 174 valence electrons. The molecule has 33 heavy (non-hydrogen) atoms. The molecule has 0 saturated heterocycles. The zero-order valence-corrected chi connectivity index (χ0v) is 18.9. The van der Waals surface area contributed by atoms with Gasteiger partial charge in [0, 0.05) is 12.1 Å². The zero-order chi connectivity index (χ0) is 24.2. The lowest BCUT2D eigenvalue weighted by molar-refractivity contribution is 0.0695. The third kappa shape index (κ3) is 5.14. The Kier molecular flexibility index (Phi) is 7.33. The van der Waals surface area contributed by atoms with E-state index in [4.69, 9.17) is 4.74 Å². The molecular weight excluding hydrogens is 452 g/mol. The predicted molar refractivity (Wildman–Crippen MR) is 120 cm³/mol. The molecule has 0 saturated carbocycles. The summed E-state index contributed by atoms with van der Waals surface area (Å²) in [6, 6.07) is 14.0. The van der Waals surface area contributed by atoms with Crippen LogP contribution < -0.4 is 9.04 Å². The van der Waals surface area contributed by atoms with Gasteiger partial charge in [0.2, 0.25) is 0 Å². The van der Waals surface area contributed by atoms with Crippen LogP contribution >= 0.6 is 0 Å². The standard InChI is InChI=1S/C24H23F2NO5S/c1-3-16-8-13-20(14-21(16)24(28)29)33(30,31)27(4-2)18-9-11-19(12-10-18)32-15-17-6-5-7-22(25)23(17)26/h5-14H,3-4,15H2,1-2H3,(H,28,29). The second-order valence-electron chi connectivity index (χ2n) is 7.14. The molecule has 0 radical (unpaired) electrons. The van der Waals surface area contributed by atoms with Crippen LogP contribution in [0.25, 0.3) is 0 Å². The Morgan fingerprint density at radius 1 is 1.00 bits per heavy atom. The summed E-state index contributed by atoms with van der Waals surface area (Å²) < 4.78 is 60.2. The van der Waals surface area contributed by atoms with Gasteiger partial charge in [-0.2, -0.15) is 0 Å². The third-order valence-electron chi connectivity index (χ3n) is 5.12. The summed E-state index contributed by atoms with van der Waals surface area (Å²) in [6.45, 7) is 3.36. The van der Waals surface area contributed by atoms with Crippen LogP contribution in [-0.2, 0) is 23.1 Å². The molecule has 3 rings (SSSR count). The van der Waals surface area contributed by atoms with E-state index in [1.807, 2.05) is 0 Å². The number of carbonyl (C=O) groups is 1. The van der Waals surface area contributed by atoms with Gasteiger partial charge in [-0.3, -0.25) is 4.31 Å². The van der Waals surface area contributed by atoms with Gasteiger partial charge in [-0.15, -0.1) is 0 Å². The van der Waals surface area contributed by atoms with E-state index in [-0.39, 0.29) is 29.2 Å². The lowest BCUT2D eigenvalue weighted by atomic mass is 10.1. The number of hydrogen-bond donors (Lipinski definition) is 1. The van der Waals surface area contributed by atoms with Crippen molar-refractivity contribution in [2.45, 2.75) is 31.8 Å². The third-order valence-corrected chi connectivity index (χ3v) is 7.02. The van der Waals surface area contributed by atoms with Crippen molar-refractivity contribution in [3.63, 3.8) is 0 Å². The number of benzene rings is 3. The highest BCUT2D eigenvalue weighted by atomic mass is 32.2. The van der Waals surface area contributed by atoms with Crippen LogP contribution in [0.15, 0.2) is 65.6 Å². The first-order valence-electron chi connectivity index (χ1n) is 10.2. The number of sulfonamides is 1. The Labute approximate surface area is 191 Å². The molecule has 0 aliphatic carbocycles. The van der Waals surface area contributed by atoms with Crippen molar-refractivity contribution >= 4 is 21.7 Å². The second kappa shape index (κ2) is 9.99. The highest BCUT2D eigenvalue weighted by Crippen LogP contribution is 2.27. The SMILES string of the molecule is CCc1ccc(S(=O)(=O)N(CC)c2ccc(OCc3cccc(F)c3F)cc2)cc1C(=O)O. The summed E-state index contributed by atoms with van der Waals surface area (Å²) in [5.74, 6) is -2.79. The van der Waals surface area contributed by atoms with Gasteiger partial charge in [-0.25, -0.2) is 22.0 Å². The molecule has 0 heterocycles. The van der Waals surface area contributed by atoms with E-state index >= 15 is 0 Å². The fourth-order valence-electron chi connectivity index (χ4n) is 3.37. The highest BCUT2D eigenvalue weighted by Gasteiger charge is 2.25. The molecule has 0 bridgehead atoms. The summed E-state index contributed by atoms with van der Waals surface area (Å²) >= 11 is 0. The Morgan fingerprint density at radius 2 is 1.70 bits per heavy atom. The first kappa shape index (κ1) is 24.2. The minimum absolute atomic E-state index is 0.0528. The fourth-order valence-corrected chi connectivity index (χ4v) is 4.87. The van der Waals surface area contributed by atoms with Crippen molar-refractivity contribution in [1.29, 1.82) is 0 Å². The number of nitrogens with zero attached hydrogens (tertiary/aromatic N) is 1. The van der Waals surface area contributed by atoms with Crippen molar-refractivity contribution in [2.75, 3.05) is 10.8 Å². The largest absolute Gasteiger partial charge is 0.489 e. The second-order valence-corrected chi connectivity index (χ2v) is 9.01. The number of rotatable bonds is 9. The zero-order valence-electron chi connectivity index (χ0n) is 18.1. The maximum absolute atomic E-state index is 13.8. The number of ether oxygens (including phenoxy) is 1. The maximum Gasteiger partial charge on any atom is 0.336 e. The van der Waals surface area contributed by atoms with Crippen molar-refractivity contribution in [1.82, 2.24) is 0 Å². The van der Waals surface area contributed by atoms with Gasteiger partial charge in [0.15, 0.2) is 11.6 Å². The molecule has 9 heteroatoms. The molecular formula is C24H23F2NO5S. The Bertz CT molecular complexity index is 1260. The van der Waals surface area contributed by atoms with Gasteiger partial charge in [-0.05, 0) is 61.4 Å². The van der Waals surface area contributed by atoms with Gasteiger partial charge in [0.05, 0.1) is 16.1 Å². The number of hydrogen-bond acceptors (Lipinski definition) is 4. The van der Waals surface area contributed by atoms with E-state index in [0.717, 1.165) is 10.4 Å². The van der Waals surface area contributed by atoms with Crippen LogP contribution in [0.2, 0.25) is 0 Å². The van der Waals surface area contributed by atoms with Gasteiger partial charge < -0.3 is 9.84 Å². The van der Waals surface area contributed by atoms with Crippen LogP contribution in [0.3, 0.4) is 0 Å². The molecule has 0 spiro atoms. The van der Waals surface area contributed by atoms with E-state index in [1.165, 1.54) is 54.6 Å². The van der Waals surface area contributed by atoms with Crippen molar-refractivity contribution < 1.29 is 31.8 Å². The monoisotopic (exact) mass is 475 g/mol. The Morgan fingerprint density at radius 3 is 2.30 bits per heavy atom. The summed E-state index contributed by atoms with van der Waals surface area (Å²) in [7, 11) is -4.03. The summed E-state index contributed by atoms with van der Waals surface area (Å²) in [4.78, 5) is 11.4. The van der Waals surface area contributed by atoms with Crippen LogP contribution in [0, 0.1) is 11.6 Å². The van der Waals surface area contributed by atoms with Crippen molar-refractivity contribution in [3.8, 4) is 5.75 Å². The number of carboxylic acid groups (broad SMARTS) is 1. The molecule has 3 aromatic rings. The van der Waals surface area contributed by atoms with E-state index in [2.05, 4.69) is 0 Å². The molecule has 0 unspecified atom stereocenters. The first-order valence-corrected chi connectivity index (χ1v) is 11.7. The minimum Gasteiger partial charge on any atom is -0.489 e. The van der Waals surface area contributed by atoms with Crippen molar-refractivity contribution in [2.24, 2.45) is 0 Å². The van der Waals surface area contributed by atoms with Crippen LogP contribution in [0.5, 0.6) is 5.75 Å². The number of aromatic carboxylic acids is 1. The van der Waals surface area contributed by atoms with Crippen molar-refractivity contribution in [3.05, 3.63) is 89.0 Å². The van der Waals surface area contributed by atoms with Crippen LogP contribution in [-0.4, -0.2) is 26.0 Å². The van der Waals surface area contributed by atoms with Crippen LogP contribution in [0.1, 0.15) is 35.3 Å². The summed E-state index contributed by atoms with van der Waals surface area (Å²) in [5, 5.41) is 9.43. The quantitative estimate of drug-likeness (QED) is 0.470. The molecule has 0 amide bonds. The average molecular weight is 476 g/mol. The number of aryl methyl sites for hydroxylation is 1. The molecule has 6 nitrogen and oxygen atoms in total. The van der Waals surface area contributed by atoms with E-state index in [0.29, 0.717) is 23.4 Å². The molecule has 0 aromatic heterocycles. The molecule has 3 aromatic carbocycles. The molecule has 1 N–H and O–H groups in total. The number of halogens is 2. The lowest BCUT2D eigenvalue weighted by Crippen LogP contribution is -2.31. The van der Waals surface area contributed by atoms with E-state index in [9.17, 15) is 27.1 Å². The molecule has 0 atom stereocenters. The molecule has 0 aliphatic rings. The molecule has 0 aliphatic heterocycles. The lowest BCUT2D eigenvalue weighted by Gasteiger charge is -2.23. The first-order chi connectivity index (χ1) is 15.7. The highest BCUT2D eigenvalue weighted by molar-refractivity contribution is 7.92. The summed E-state index contributed by atoms with van der Waals surface area (Å²) in [5.41, 5.74) is 0.892. The fraction of sp³-hybridized carbons (Fsp3) is 0.208. The van der Waals surface area contributed by atoms with Crippen LogP contribution in [0.4, 0.5) is 14.5 Å². The Balaban J connectivity index is 1.83. The Hall–Kier alpha value is -3.46. The number of carboxylic acids is 1. The average Bonchev–Trinajstić information content (AvgIpc) is 2.80. The predicted octanol–water partition coefficient (Wildman–Crippen LogP) is 5.02. The molecule has 0 fully saturated rings. The number of anilines is 1. The normalized spacial score (nSPS) is 11.3. The minimum atomic E-state index is -4.03. The van der Waals surface area contributed by atoms with E-state index < -0.39 is 27.6 Å².